The lowest BCUT2D eigenvalue weighted by atomic mass is 10.0. The van der Waals surface area contributed by atoms with E-state index in [1.807, 2.05) is 30.3 Å². The number of amides is 2. The number of piperazine rings is 1. The standard InChI is InChI=1S/C15H16N4O2S.ClH/c16-8-12-18-11(9-22-12)15(21)19-7-6-17-14(20)13(19)10-4-2-1-3-5-10;/h1-5,9,13H,6-8,16H2,(H,17,20);1H. The number of nitrogens with zero attached hydrogens (tertiary/aromatic N) is 2. The van der Waals surface area contributed by atoms with E-state index in [-0.39, 0.29) is 24.2 Å². The fourth-order valence-electron chi connectivity index (χ4n) is 2.50. The highest BCUT2D eigenvalue weighted by atomic mass is 35.5. The highest BCUT2D eigenvalue weighted by molar-refractivity contribution is 7.09. The summed E-state index contributed by atoms with van der Waals surface area (Å²) >= 11 is 1.36. The fraction of sp³-hybridized carbons (Fsp3) is 0.267. The number of nitrogens with two attached hydrogens (primary N) is 1. The highest BCUT2D eigenvalue weighted by Gasteiger charge is 2.35. The second-order valence-electron chi connectivity index (χ2n) is 4.93. The molecule has 1 atom stereocenters. The molecule has 3 N–H and O–H groups in total. The SMILES string of the molecule is Cl.NCc1nc(C(=O)N2CCNC(=O)C2c2ccccc2)cs1. The van der Waals surface area contributed by atoms with E-state index in [0.29, 0.717) is 30.3 Å². The first-order valence-corrected chi connectivity index (χ1v) is 7.87. The molecule has 8 heteroatoms. The molecule has 2 heterocycles. The van der Waals surface area contributed by atoms with E-state index in [0.717, 1.165) is 5.56 Å². The molecule has 0 saturated carbocycles. The van der Waals surface area contributed by atoms with Crippen LogP contribution in [0.1, 0.15) is 27.1 Å². The van der Waals surface area contributed by atoms with Crippen LogP contribution in [0, 0.1) is 0 Å². The summed E-state index contributed by atoms with van der Waals surface area (Å²) in [6.07, 6.45) is 0. The lowest BCUT2D eigenvalue weighted by Crippen LogP contribution is -2.52. The Kier molecular flexibility index (Phi) is 5.70. The lowest BCUT2D eigenvalue weighted by molar-refractivity contribution is -0.128. The second-order valence-corrected chi connectivity index (χ2v) is 5.88. The van der Waals surface area contributed by atoms with Gasteiger partial charge in [-0.2, -0.15) is 0 Å². The number of benzene rings is 1. The molecule has 0 radical (unpaired) electrons. The van der Waals surface area contributed by atoms with Crippen LogP contribution in [0.3, 0.4) is 0 Å². The minimum atomic E-state index is -0.620. The molecule has 1 saturated heterocycles. The first kappa shape index (κ1) is 17.4. The van der Waals surface area contributed by atoms with Crippen molar-refractivity contribution in [1.82, 2.24) is 15.2 Å². The molecule has 0 spiro atoms. The van der Waals surface area contributed by atoms with Crippen LogP contribution < -0.4 is 11.1 Å². The molecule has 1 aliphatic heterocycles. The van der Waals surface area contributed by atoms with Gasteiger partial charge in [-0.05, 0) is 5.56 Å². The van der Waals surface area contributed by atoms with Gasteiger partial charge in [0.25, 0.3) is 5.91 Å². The summed E-state index contributed by atoms with van der Waals surface area (Å²) in [7, 11) is 0. The summed E-state index contributed by atoms with van der Waals surface area (Å²) in [4.78, 5) is 30.8. The van der Waals surface area contributed by atoms with Crippen LogP contribution in [0.2, 0.25) is 0 Å². The number of hydrogen-bond donors (Lipinski definition) is 2. The first-order chi connectivity index (χ1) is 10.7. The van der Waals surface area contributed by atoms with Gasteiger partial charge in [-0.15, -0.1) is 23.7 Å². The normalized spacial score (nSPS) is 17.3. The van der Waals surface area contributed by atoms with Crippen molar-refractivity contribution in [2.75, 3.05) is 13.1 Å². The summed E-state index contributed by atoms with van der Waals surface area (Å²) in [5, 5.41) is 5.22. The molecule has 6 nitrogen and oxygen atoms in total. The molecule has 3 rings (SSSR count). The molecule has 23 heavy (non-hydrogen) atoms. The summed E-state index contributed by atoms with van der Waals surface area (Å²) < 4.78 is 0. The molecular weight excluding hydrogens is 336 g/mol. The maximum Gasteiger partial charge on any atom is 0.274 e. The number of aromatic nitrogens is 1. The van der Waals surface area contributed by atoms with E-state index in [1.165, 1.54) is 11.3 Å². The van der Waals surface area contributed by atoms with Gasteiger partial charge in [-0.25, -0.2) is 4.98 Å². The molecule has 122 valence electrons. The van der Waals surface area contributed by atoms with E-state index < -0.39 is 6.04 Å². The van der Waals surface area contributed by atoms with E-state index >= 15 is 0 Å². The average molecular weight is 353 g/mol. The van der Waals surface area contributed by atoms with Crippen molar-refractivity contribution in [3.8, 4) is 0 Å². The van der Waals surface area contributed by atoms with E-state index in [9.17, 15) is 9.59 Å². The van der Waals surface area contributed by atoms with Crippen LogP contribution >= 0.6 is 23.7 Å². The third-order valence-corrected chi connectivity index (χ3v) is 4.40. The maximum absolute atomic E-state index is 12.7. The number of carbonyl (C=O) groups excluding carboxylic acids is 2. The zero-order valence-corrected chi connectivity index (χ0v) is 13.9. The zero-order valence-electron chi connectivity index (χ0n) is 12.3. The molecule has 0 bridgehead atoms. The Morgan fingerprint density at radius 3 is 2.78 bits per heavy atom. The van der Waals surface area contributed by atoms with Gasteiger partial charge in [-0.1, -0.05) is 30.3 Å². The van der Waals surface area contributed by atoms with Crippen molar-refractivity contribution in [3.63, 3.8) is 0 Å². The van der Waals surface area contributed by atoms with Crippen LogP contribution in [0.5, 0.6) is 0 Å². The Balaban J connectivity index is 0.00000192. The maximum atomic E-state index is 12.7. The van der Waals surface area contributed by atoms with Crippen molar-refractivity contribution in [2.45, 2.75) is 12.6 Å². The smallest absolute Gasteiger partial charge is 0.274 e. The number of hydrogen-bond acceptors (Lipinski definition) is 5. The van der Waals surface area contributed by atoms with Crippen molar-refractivity contribution in [3.05, 3.63) is 52.0 Å². The van der Waals surface area contributed by atoms with Gasteiger partial charge >= 0.3 is 0 Å². The monoisotopic (exact) mass is 352 g/mol. The van der Waals surface area contributed by atoms with Crippen LogP contribution in [0.4, 0.5) is 0 Å². The summed E-state index contributed by atoms with van der Waals surface area (Å²) in [5.74, 6) is -0.403. The summed E-state index contributed by atoms with van der Waals surface area (Å²) in [5.41, 5.74) is 6.68. The lowest BCUT2D eigenvalue weighted by Gasteiger charge is -2.34. The summed E-state index contributed by atoms with van der Waals surface area (Å²) in [6.45, 7) is 1.21. The number of rotatable bonds is 3. The van der Waals surface area contributed by atoms with Gasteiger partial charge in [0.2, 0.25) is 5.91 Å². The molecule has 1 aromatic carbocycles. The largest absolute Gasteiger partial charge is 0.352 e. The van der Waals surface area contributed by atoms with Crippen molar-refractivity contribution in [2.24, 2.45) is 5.73 Å². The number of halogens is 1. The van der Waals surface area contributed by atoms with Gasteiger partial charge in [-0.3, -0.25) is 9.59 Å². The minimum absolute atomic E-state index is 0. The van der Waals surface area contributed by atoms with Crippen molar-refractivity contribution >= 4 is 35.6 Å². The Morgan fingerprint density at radius 1 is 1.39 bits per heavy atom. The minimum Gasteiger partial charge on any atom is -0.352 e. The second kappa shape index (κ2) is 7.54. The number of nitrogens with one attached hydrogen (secondary N) is 1. The molecule has 2 amide bonds. The highest BCUT2D eigenvalue weighted by Crippen LogP contribution is 2.25. The van der Waals surface area contributed by atoms with Crippen LogP contribution in [-0.2, 0) is 11.3 Å². The van der Waals surface area contributed by atoms with Gasteiger partial charge in [0.1, 0.15) is 16.7 Å². The van der Waals surface area contributed by atoms with Crippen LogP contribution in [0.15, 0.2) is 35.7 Å². The van der Waals surface area contributed by atoms with Gasteiger partial charge in [0.05, 0.1) is 0 Å². The predicted octanol–water partition coefficient (Wildman–Crippen LogP) is 1.34. The van der Waals surface area contributed by atoms with Crippen LogP contribution in [0.25, 0.3) is 0 Å². The molecule has 0 aliphatic carbocycles. The van der Waals surface area contributed by atoms with E-state index in [1.54, 1.807) is 10.3 Å². The summed E-state index contributed by atoms with van der Waals surface area (Å²) in [6, 6.07) is 8.67. The third kappa shape index (κ3) is 3.52. The Morgan fingerprint density at radius 2 is 2.13 bits per heavy atom. The molecule has 1 aliphatic rings. The zero-order chi connectivity index (χ0) is 15.5. The fourth-order valence-corrected chi connectivity index (χ4v) is 3.15. The molecule has 1 unspecified atom stereocenters. The molecule has 1 fully saturated rings. The molecule has 2 aromatic rings. The topological polar surface area (TPSA) is 88.3 Å². The molecule has 1 aromatic heterocycles. The Bertz CT molecular complexity index is 692. The predicted molar refractivity (Wildman–Crippen MR) is 90.5 cm³/mol. The first-order valence-electron chi connectivity index (χ1n) is 6.99. The number of carbonyl (C=O) groups is 2. The van der Waals surface area contributed by atoms with Gasteiger partial charge < -0.3 is 16.0 Å². The van der Waals surface area contributed by atoms with E-state index in [4.69, 9.17) is 5.73 Å². The average Bonchev–Trinajstić information content (AvgIpc) is 3.04. The Hall–Kier alpha value is -1.96. The van der Waals surface area contributed by atoms with Gasteiger partial charge in [0.15, 0.2) is 0 Å². The van der Waals surface area contributed by atoms with Gasteiger partial charge in [0, 0.05) is 25.0 Å². The van der Waals surface area contributed by atoms with Crippen molar-refractivity contribution in [1.29, 1.82) is 0 Å². The number of thiazole rings is 1. The van der Waals surface area contributed by atoms with Crippen LogP contribution in [-0.4, -0.2) is 34.8 Å². The molecular formula is C15H17ClN4O2S. The Labute approximate surface area is 144 Å². The van der Waals surface area contributed by atoms with E-state index in [2.05, 4.69) is 10.3 Å². The quantitative estimate of drug-likeness (QED) is 0.872. The third-order valence-electron chi connectivity index (χ3n) is 3.53. The van der Waals surface area contributed by atoms with Crippen molar-refractivity contribution < 1.29 is 9.59 Å².